The first-order valence-electron chi connectivity index (χ1n) is 9.81. The third-order valence-corrected chi connectivity index (χ3v) is 5.46. The Labute approximate surface area is 176 Å². The monoisotopic (exact) mass is 435 g/mol. The average molecular weight is 435 g/mol. The first-order valence-corrected chi connectivity index (χ1v) is 9.81. The molecule has 9 heteroatoms. The molecule has 2 unspecified atom stereocenters. The summed E-state index contributed by atoms with van der Waals surface area (Å²) < 4.78 is 61.8. The van der Waals surface area contributed by atoms with Crippen LogP contribution in [0.3, 0.4) is 0 Å². The maximum Gasteiger partial charge on any atom is 0.432 e. The molecule has 1 heterocycles. The minimum atomic E-state index is -4.82. The summed E-state index contributed by atoms with van der Waals surface area (Å²) >= 11 is 0. The lowest BCUT2D eigenvalue weighted by Gasteiger charge is -2.41. The second-order valence-electron chi connectivity index (χ2n) is 7.71. The van der Waals surface area contributed by atoms with Crippen molar-refractivity contribution in [3.05, 3.63) is 77.8 Å². The number of alkyl halides is 3. The van der Waals surface area contributed by atoms with E-state index in [4.69, 9.17) is 10.5 Å². The third kappa shape index (κ3) is 3.97. The Kier molecular flexibility index (Phi) is 5.38. The van der Waals surface area contributed by atoms with E-state index in [0.29, 0.717) is 11.6 Å². The van der Waals surface area contributed by atoms with E-state index >= 15 is 0 Å². The van der Waals surface area contributed by atoms with Gasteiger partial charge in [0.05, 0.1) is 12.3 Å². The molecule has 0 spiro atoms. The van der Waals surface area contributed by atoms with Crippen molar-refractivity contribution in [2.24, 2.45) is 11.7 Å². The standard InChI is InChI=1S/C22H21F4N3O2/c23-16-8-4-5-9-17(16)29-21(20(27)30,12-18(28-29)22(24,25)26)19(31-13-14-10-11-14)15-6-2-1-3-7-15/h1-9,12,14,19,28H,10-11,13H2,(H2,27,30). The van der Waals surface area contributed by atoms with Crippen LogP contribution >= 0.6 is 0 Å². The molecule has 1 saturated carbocycles. The molecule has 3 N–H and O–H groups in total. The van der Waals surface area contributed by atoms with Gasteiger partial charge in [0, 0.05) is 0 Å². The molecule has 4 rings (SSSR count). The predicted octanol–water partition coefficient (Wildman–Crippen LogP) is 3.99. The van der Waals surface area contributed by atoms with Crippen molar-refractivity contribution in [2.75, 3.05) is 11.6 Å². The number of benzene rings is 2. The highest BCUT2D eigenvalue weighted by Gasteiger charge is 2.58. The highest BCUT2D eigenvalue weighted by molar-refractivity contribution is 5.93. The molecule has 164 valence electrons. The Bertz CT molecular complexity index is 992. The summed E-state index contributed by atoms with van der Waals surface area (Å²) in [7, 11) is 0. The lowest BCUT2D eigenvalue weighted by atomic mass is 9.85. The number of carbonyl (C=O) groups excluding carboxylic acids is 1. The maximum absolute atomic E-state index is 14.7. The number of nitrogens with two attached hydrogens (primary N) is 1. The number of amides is 1. The zero-order valence-electron chi connectivity index (χ0n) is 16.4. The van der Waals surface area contributed by atoms with Crippen LogP contribution in [0.25, 0.3) is 0 Å². The van der Waals surface area contributed by atoms with Crippen molar-refractivity contribution in [3.8, 4) is 0 Å². The highest BCUT2D eigenvalue weighted by Crippen LogP contribution is 2.45. The largest absolute Gasteiger partial charge is 0.432 e. The topological polar surface area (TPSA) is 67.6 Å². The van der Waals surface area contributed by atoms with Crippen LogP contribution in [0.15, 0.2) is 66.4 Å². The van der Waals surface area contributed by atoms with Crippen LogP contribution in [0, 0.1) is 11.7 Å². The number of para-hydroxylation sites is 1. The quantitative estimate of drug-likeness (QED) is 0.646. The van der Waals surface area contributed by atoms with Gasteiger partial charge in [-0.2, -0.15) is 13.2 Å². The van der Waals surface area contributed by atoms with Gasteiger partial charge in [-0.3, -0.25) is 15.2 Å². The third-order valence-electron chi connectivity index (χ3n) is 5.46. The number of nitrogens with one attached hydrogen (secondary N) is 1. The molecule has 5 nitrogen and oxygen atoms in total. The molecule has 0 bridgehead atoms. The summed E-state index contributed by atoms with van der Waals surface area (Å²) in [6.45, 7) is 0.245. The van der Waals surface area contributed by atoms with Crippen LogP contribution in [0.2, 0.25) is 0 Å². The van der Waals surface area contributed by atoms with E-state index in [1.165, 1.54) is 18.2 Å². The van der Waals surface area contributed by atoms with Gasteiger partial charge < -0.3 is 10.5 Å². The molecule has 0 radical (unpaired) electrons. The van der Waals surface area contributed by atoms with Crippen molar-refractivity contribution < 1.29 is 27.1 Å². The molecule has 31 heavy (non-hydrogen) atoms. The van der Waals surface area contributed by atoms with Crippen LogP contribution in [0.4, 0.5) is 23.2 Å². The smallest absolute Gasteiger partial charge is 0.370 e. The molecule has 0 saturated heterocycles. The molecule has 2 aromatic carbocycles. The van der Waals surface area contributed by atoms with Gasteiger partial charge in [-0.05, 0) is 42.5 Å². The van der Waals surface area contributed by atoms with Crippen LogP contribution in [0.1, 0.15) is 24.5 Å². The number of halogens is 4. The van der Waals surface area contributed by atoms with Crippen LogP contribution < -0.4 is 16.2 Å². The van der Waals surface area contributed by atoms with E-state index in [0.717, 1.165) is 23.9 Å². The van der Waals surface area contributed by atoms with E-state index < -0.39 is 35.2 Å². The van der Waals surface area contributed by atoms with Gasteiger partial charge in [0.2, 0.25) is 0 Å². The number of rotatable bonds is 7. The average Bonchev–Trinajstić information content (AvgIpc) is 3.46. The number of hydrazine groups is 1. The Morgan fingerprint density at radius 1 is 1.16 bits per heavy atom. The molecule has 2 aromatic rings. The first-order chi connectivity index (χ1) is 14.7. The first kappa shape index (κ1) is 21.2. The summed E-state index contributed by atoms with van der Waals surface area (Å²) in [5.41, 5.74) is 4.72. The Morgan fingerprint density at radius 2 is 1.81 bits per heavy atom. The zero-order valence-corrected chi connectivity index (χ0v) is 16.4. The highest BCUT2D eigenvalue weighted by atomic mass is 19.4. The predicted molar refractivity (Wildman–Crippen MR) is 106 cm³/mol. The van der Waals surface area contributed by atoms with Crippen LogP contribution in [-0.2, 0) is 9.53 Å². The molecule has 2 atom stereocenters. The number of allylic oxidation sites excluding steroid dienone is 1. The number of ether oxygens (including phenoxy) is 1. The molecule has 2 aliphatic rings. The van der Waals surface area contributed by atoms with Crippen molar-refractivity contribution in [1.29, 1.82) is 0 Å². The number of primary amides is 1. The summed E-state index contributed by atoms with van der Waals surface area (Å²) in [4.78, 5) is 12.9. The summed E-state index contributed by atoms with van der Waals surface area (Å²) in [5, 5.41) is 0.831. The van der Waals surface area contributed by atoms with Crippen molar-refractivity contribution in [1.82, 2.24) is 5.43 Å². The number of anilines is 1. The van der Waals surface area contributed by atoms with E-state index in [2.05, 4.69) is 5.43 Å². The maximum atomic E-state index is 14.7. The van der Waals surface area contributed by atoms with Crippen molar-refractivity contribution in [3.63, 3.8) is 0 Å². The van der Waals surface area contributed by atoms with Gasteiger partial charge in [-0.25, -0.2) is 4.39 Å². The SMILES string of the molecule is NC(=O)C1(C(OCC2CC2)c2ccccc2)C=C(C(F)(F)F)NN1c1ccccc1F. The fourth-order valence-corrected chi connectivity index (χ4v) is 3.69. The summed E-state index contributed by atoms with van der Waals surface area (Å²) in [6, 6.07) is 13.6. The molecule has 1 aliphatic carbocycles. The number of hydrogen-bond acceptors (Lipinski definition) is 4. The van der Waals surface area contributed by atoms with E-state index in [9.17, 15) is 22.4 Å². The van der Waals surface area contributed by atoms with Crippen molar-refractivity contribution in [2.45, 2.75) is 30.7 Å². The van der Waals surface area contributed by atoms with Crippen LogP contribution in [-0.4, -0.2) is 24.2 Å². The summed E-state index contributed by atoms with van der Waals surface area (Å²) in [6.07, 6.45) is -3.46. The Morgan fingerprint density at radius 3 is 2.39 bits per heavy atom. The normalized spacial score (nSPS) is 22.1. The minimum absolute atomic E-state index is 0.245. The van der Waals surface area contributed by atoms with Gasteiger partial charge in [0.25, 0.3) is 5.91 Å². The molecular weight excluding hydrogens is 414 g/mol. The fourth-order valence-electron chi connectivity index (χ4n) is 3.69. The van der Waals surface area contributed by atoms with Crippen molar-refractivity contribution >= 4 is 11.6 Å². The van der Waals surface area contributed by atoms with Gasteiger partial charge >= 0.3 is 6.18 Å². The van der Waals surface area contributed by atoms with E-state index in [1.807, 2.05) is 0 Å². The molecular formula is C22H21F4N3O2. The number of nitrogens with zero attached hydrogens (tertiary/aromatic N) is 1. The second-order valence-corrected chi connectivity index (χ2v) is 7.71. The molecule has 0 aromatic heterocycles. The van der Waals surface area contributed by atoms with Gasteiger partial charge in [0.1, 0.15) is 17.6 Å². The Balaban J connectivity index is 1.90. The lowest BCUT2D eigenvalue weighted by Crippen LogP contribution is -2.61. The second kappa shape index (κ2) is 7.88. The van der Waals surface area contributed by atoms with Gasteiger partial charge in [-0.1, -0.05) is 42.5 Å². The zero-order chi connectivity index (χ0) is 22.2. The molecule has 1 amide bonds. The van der Waals surface area contributed by atoms with Gasteiger partial charge in [-0.15, -0.1) is 0 Å². The fraction of sp³-hybridized carbons (Fsp3) is 0.318. The number of carbonyl (C=O) groups is 1. The lowest BCUT2D eigenvalue weighted by molar-refractivity contribution is -0.127. The molecule has 1 aliphatic heterocycles. The minimum Gasteiger partial charge on any atom is -0.370 e. The van der Waals surface area contributed by atoms with Gasteiger partial charge in [0.15, 0.2) is 5.54 Å². The van der Waals surface area contributed by atoms with E-state index in [-0.39, 0.29) is 18.2 Å². The molecule has 1 fully saturated rings. The van der Waals surface area contributed by atoms with Crippen LogP contribution in [0.5, 0.6) is 0 Å². The summed E-state index contributed by atoms with van der Waals surface area (Å²) in [5.74, 6) is -1.66. The van der Waals surface area contributed by atoms with E-state index in [1.54, 1.807) is 30.3 Å². The number of hydrogen-bond donors (Lipinski definition) is 2. The Hall–Kier alpha value is -3.07.